The summed E-state index contributed by atoms with van der Waals surface area (Å²) in [4.78, 5) is 0. The van der Waals surface area contributed by atoms with Gasteiger partial charge in [0.15, 0.2) is 0 Å². The molecule has 1 aromatic carbocycles. The molecule has 71 valence electrons. The first-order valence-electron chi connectivity index (χ1n) is 4.08. The van der Waals surface area contributed by atoms with Gasteiger partial charge in [-0.05, 0) is 30.7 Å². The van der Waals surface area contributed by atoms with Crippen molar-refractivity contribution in [2.24, 2.45) is 0 Å². The normalized spacial score (nSPS) is 12.5. The summed E-state index contributed by atoms with van der Waals surface area (Å²) in [5.74, 6) is 0.249. The highest BCUT2D eigenvalue weighted by atomic mass is 19.1. The highest BCUT2D eigenvalue weighted by Crippen LogP contribution is 2.11. The van der Waals surface area contributed by atoms with Crippen LogP contribution in [0, 0.1) is 12.7 Å². The molecule has 13 heavy (non-hydrogen) atoms. The second-order valence-electron chi connectivity index (χ2n) is 2.71. The van der Waals surface area contributed by atoms with Gasteiger partial charge in [-0.3, -0.25) is 0 Å². The summed E-state index contributed by atoms with van der Waals surface area (Å²) in [5, 5.41) is 9.11. The van der Waals surface area contributed by atoms with E-state index < -0.39 is 6.10 Å². The maximum atomic E-state index is 12.4. The number of rotatable bonds is 4. The van der Waals surface area contributed by atoms with Crippen molar-refractivity contribution in [1.82, 2.24) is 0 Å². The minimum Gasteiger partial charge on any atom is -0.491 e. The zero-order valence-corrected chi connectivity index (χ0v) is 7.24. The van der Waals surface area contributed by atoms with Crippen molar-refractivity contribution in [3.05, 3.63) is 37.0 Å². The van der Waals surface area contributed by atoms with E-state index in [0.29, 0.717) is 12.2 Å². The molecule has 0 amide bonds. The van der Waals surface area contributed by atoms with Gasteiger partial charge in [-0.2, -0.15) is 0 Å². The van der Waals surface area contributed by atoms with Crippen molar-refractivity contribution in [2.75, 3.05) is 6.61 Å². The molecule has 1 radical (unpaired) electrons. The van der Waals surface area contributed by atoms with Crippen molar-refractivity contribution >= 4 is 0 Å². The molecule has 0 fully saturated rings. The Labute approximate surface area is 77.0 Å². The quantitative estimate of drug-likeness (QED) is 0.771. The Kier molecular flexibility index (Phi) is 3.71. The SMILES string of the molecule is [CH2]CC(O)COc1ccc(F)cc1. The Balaban J connectivity index is 2.41. The fraction of sp³-hybridized carbons (Fsp3) is 0.300. The number of aliphatic hydroxyl groups is 1. The largest absolute Gasteiger partial charge is 0.491 e. The summed E-state index contributed by atoms with van der Waals surface area (Å²) in [7, 11) is 0. The fourth-order valence-electron chi connectivity index (χ4n) is 0.807. The third kappa shape index (κ3) is 3.42. The van der Waals surface area contributed by atoms with Gasteiger partial charge in [-0.1, -0.05) is 6.92 Å². The van der Waals surface area contributed by atoms with Crippen LogP contribution in [0.15, 0.2) is 24.3 Å². The molecule has 1 aromatic rings. The highest BCUT2D eigenvalue weighted by Gasteiger charge is 2.01. The lowest BCUT2D eigenvalue weighted by Gasteiger charge is -2.09. The molecule has 3 heteroatoms. The smallest absolute Gasteiger partial charge is 0.123 e. The molecule has 1 unspecified atom stereocenters. The van der Waals surface area contributed by atoms with E-state index in [1.165, 1.54) is 24.3 Å². The summed E-state index contributed by atoms with van der Waals surface area (Å²) < 4.78 is 17.6. The second kappa shape index (κ2) is 4.82. The lowest BCUT2D eigenvalue weighted by molar-refractivity contribution is 0.109. The lowest BCUT2D eigenvalue weighted by atomic mass is 10.3. The van der Waals surface area contributed by atoms with Crippen molar-refractivity contribution in [2.45, 2.75) is 12.5 Å². The molecule has 0 aromatic heterocycles. The van der Waals surface area contributed by atoms with Crippen molar-refractivity contribution < 1.29 is 14.2 Å². The van der Waals surface area contributed by atoms with Gasteiger partial charge in [0.2, 0.25) is 0 Å². The third-order valence-corrected chi connectivity index (χ3v) is 1.59. The molecule has 0 aliphatic carbocycles. The van der Waals surface area contributed by atoms with Gasteiger partial charge in [-0.15, -0.1) is 0 Å². The Bertz CT molecular complexity index is 246. The molecule has 0 spiro atoms. The number of halogens is 1. The van der Waals surface area contributed by atoms with E-state index in [0.717, 1.165) is 0 Å². The van der Waals surface area contributed by atoms with Crippen LogP contribution in [0.3, 0.4) is 0 Å². The Morgan fingerprint density at radius 1 is 1.38 bits per heavy atom. The van der Waals surface area contributed by atoms with Crippen LogP contribution in [0.2, 0.25) is 0 Å². The zero-order chi connectivity index (χ0) is 9.68. The highest BCUT2D eigenvalue weighted by molar-refractivity contribution is 5.21. The molecule has 0 bridgehead atoms. The van der Waals surface area contributed by atoms with E-state index in [1.54, 1.807) is 0 Å². The van der Waals surface area contributed by atoms with Crippen molar-refractivity contribution in [3.63, 3.8) is 0 Å². The van der Waals surface area contributed by atoms with Gasteiger partial charge in [0.05, 0.1) is 6.10 Å². The first-order chi connectivity index (χ1) is 6.22. The standard InChI is InChI=1S/C10H12FO2/c1-2-9(12)7-13-10-5-3-8(11)4-6-10/h3-6,9,12H,1-2,7H2. The first-order valence-corrected chi connectivity index (χ1v) is 4.08. The molecule has 1 rings (SSSR count). The predicted octanol–water partition coefficient (Wildman–Crippen LogP) is 1.79. The van der Waals surface area contributed by atoms with Crippen LogP contribution in [-0.4, -0.2) is 17.8 Å². The molecule has 0 aliphatic rings. The second-order valence-corrected chi connectivity index (χ2v) is 2.71. The summed E-state index contributed by atoms with van der Waals surface area (Å²) >= 11 is 0. The van der Waals surface area contributed by atoms with Gasteiger partial charge in [0.1, 0.15) is 18.2 Å². The molecule has 0 heterocycles. The Morgan fingerprint density at radius 2 is 2.00 bits per heavy atom. The first kappa shape index (κ1) is 9.99. The van der Waals surface area contributed by atoms with Gasteiger partial charge in [0, 0.05) is 0 Å². The maximum Gasteiger partial charge on any atom is 0.123 e. The fourth-order valence-corrected chi connectivity index (χ4v) is 0.807. The average Bonchev–Trinajstić information content (AvgIpc) is 2.16. The van der Waals surface area contributed by atoms with Gasteiger partial charge in [0.25, 0.3) is 0 Å². The van der Waals surface area contributed by atoms with Crippen molar-refractivity contribution in [1.29, 1.82) is 0 Å². The van der Waals surface area contributed by atoms with E-state index in [-0.39, 0.29) is 12.4 Å². The van der Waals surface area contributed by atoms with E-state index >= 15 is 0 Å². The van der Waals surface area contributed by atoms with Crippen LogP contribution < -0.4 is 4.74 Å². The van der Waals surface area contributed by atoms with Gasteiger partial charge >= 0.3 is 0 Å². The lowest BCUT2D eigenvalue weighted by Crippen LogP contribution is -2.15. The maximum absolute atomic E-state index is 12.4. The number of aliphatic hydroxyl groups excluding tert-OH is 1. The molecule has 1 atom stereocenters. The monoisotopic (exact) mass is 183 g/mol. The van der Waals surface area contributed by atoms with Gasteiger partial charge in [-0.25, -0.2) is 4.39 Å². The molecule has 1 N–H and O–H groups in total. The van der Waals surface area contributed by atoms with Crippen LogP contribution in [-0.2, 0) is 0 Å². The zero-order valence-electron chi connectivity index (χ0n) is 7.24. The van der Waals surface area contributed by atoms with E-state index in [1.807, 2.05) is 0 Å². The predicted molar refractivity (Wildman–Crippen MR) is 47.9 cm³/mol. The molecule has 0 saturated carbocycles. The number of benzene rings is 1. The van der Waals surface area contributed by atoms with Crippen LogP contribution in [0.4, 0.5) is 4.39 Å². The molecular formula is C10H12FO2. The Morgan fingerprint density at radius 3 is 2.54 bits per heavy atom. The minimum atomic E-state index is -0.565. The number of ether oxygens (including phenoxy) is 1. The minimum absolute atomic E-state index is 0.190. The summed E-state index contributed by atoms with van der Waals surface area (Å²) in [6.45, 7) is 3.71. The summed E-state index contributed by atoms with van der Waals surface area (Å²) in [6, 6.07) is 5.66. The van der Waals surface area contributed by atoms with E-state index in [4.69, 9.17) is 9.84 Å². The number of hydrogen-bond acceptors (Lipinski definition) is 2. The molecular weight excluding hydrogens is 171 g/mol. The van der Waals surface area contributed by atoms with Crippen LogP contribution in [0.5, 0.6) is 5.75 Å². The van der Waals surface area contributed by atoms with E-state index in [9.17, 15) is 4.39 Å². The van der Waals surface area contributed by atoms with Crippen molar-refractivity contribution in [3.8, 4) is 5.75 Å². The number of hydrogen-bond donors (Lipinski definition) is 1. The summed E-state index contributed by atoms with van der Waals surface area (Å²) in [5.41, 5.74) is 0. The molecule has 0 saturated heterocycles. The van der Waals surface area contributed by atoms with Crippen LogP contribution >= 0.6 is 0 Å². The van der Waals surface area contributed by atoms with Crippen LogP contribution in [0.1, 0.15) is 6.42 Å². The van der Waals surface area contributed by atoms with E-state index in [2.05, 4.69) is 6.92 Å². The molecule has 0 aliphatic heterocycles. The molecule has 2 nitrogen and oxygen atoms in total. The third-order valence-electron chi connectivity index (χ3n) is 1.59. The Hall–Kier alpha value is -1.09. The van der Waals surface area contributed by atoms with Crippen LogP contribution in [0.25, 0.3) is 0 Å². The van der Waals surface area contributed by atoms with Gasteiger partial charge < -0.3 is 9.84 Å². The summed E-state index contributed by atoms with van der Waals surface area (Å²) in [6.07, 6.45) is -0.161. The topological polar surface area (TPSA) is 29.5 Å². The average molecular weight is 183 g/mol.